The third-order valence-corrected chi connectivity index (χ3v) is 8.50. The molecule has 0 spiro atoms. The van der Waals surface area contributed by atoms with Crippen LogP contribution in [-0.4, -0.2) is 54.8 Å². The van der Waals surface area contributed by atoms with Crippen LogP contribution in [-0.2, 0) is 10.0 Å². The Kier molecular flexibility index (Phi) is 7.14. The van der Waals surface area contributed by atoms with Crippen LogP contribution in [0.1, 0.15) is 35.8 Å². The highest BCUT2D eigenvalue weighted by molar-refractivity contribution is 7.93. The summed E-state index contributed by atoms with van der Waals surface area (Å²) in [5.74, 6) is -0.353. The summed E-state index contributed by atoms with van der Waals surface area (Å²) in [4.78, 5) is 21.7. The summed E-state index contributed by atoms with van der Waals surface area (Å²) in [6.45, 7) is 6.06. The molecule has 1 aromatic heterocycles. The van der Waals surface area contributed by atoms with Gasteiger partial charge in [-0.05, 0) is 67.9 Å². The molecule has 3 aromatic carbocycles. The highest BCUT2D eigenvalue weighted by Gasteiger charge is 2.30. The number of halogens is 1. The van der Waals surface area contributed by atoms with Gasteiger partial charge < -0.3 is 4.90 Å². The maximum atomic E-state index is 13.3. The predicted molar refractivity (Wildman–Crippen MR) is 146 cm³/mol. The molecule has 1 N–H and O–H groups in total. The smallest absolute Gasteiger partial charge is 0.264 e. The molecule has 2 atom stereocenters. The lowest BCUT2D eigenvalue weighted by atomic mass is 10.0. The molecule has 1 aliphatic heterocycles. The summed E-state index contributed by atoms with van der Waals surface area (Å²) in [5.41, 5.74) is 2.29. The molecule has 1 amide bonds. The number of piperazine rings is 1. The van der Waals surface area contributed by atoms with Gasteiger partial charge in [0.1, 0.15) is 10.7 Å². The number of benzene rings is 3. The van der Waals surface area contributed by atoms with Crippen LogP contribution in [0.5, 0.6) is 0 Å². The van der Waals surface area contributed by atoms with Crippen molar-refractivity contribution in [3.8, 4) is 0 Å². The van der Waals surface area contributed by atoms with Crippen LogP contribution >= 0.6 is 0 Å². The molecule has 1 aliphatic rings. The molecule has 0 aliphatic carbocycles. The van der Waals surface area contributed by atoms with Gasteiger partial charge >= 0.3 is 0 Å². The summed E-state index contributed by atoms with van der Waals surface area (Å²) in [6.07, 6.45) is 1.56. The number of carbonyl (C=O) groups excluding carboxylic acids is 1. The molecular weight excluding hydrogens is 503 g/mol. The number of hydrogen-bond donors (Lipinski definition) is 1. The van der Waals surface area contributed by atoms with Crippen molar-refractivity contribution < 1.29 is 17.6 Å². The summed E-state index contributed by atoms with van der Waals surface area (Å²) in [6, 6.07) is 21.7. The second-order valence-electron chi connectivity index (χ2n) is 9.58. The van der Waals surface area contributed by atoms with E-state index in [9.17, 15) is 17.6 Å². The lowest BCUT2D eigenvalue weighted by molar-refractivity contribution is 0.0406. The van der Waals surface area contributed by atoms with Gasteiger partial charge in [0.15, 0.2) is 0 Å². The van der Waals surface area contributed by atoms with Crippen molar-refractivity contribution in [2.45, 2.75) is 30.8 Å². The van der Waals surface area contributed by atoms with E-state index in [0.29, 0.717) is 36.4 Å². The molecule has 2 heterocycles. The normalized spacial score (nSPS) is 17.3. The Morgan fingerprint density at radius 2 is 1.71 bits per heavy atom. The first kappa shape index (κ1) is 25.8. The minimum atomic E-state index is -3.88. The van der Waals surface area contributed by atoms with Crippen LogP contribution < -0.4 is 4.72 Å². The van der Waals surface area contributed by atoms with E-state index in [4.69, 9.17) is 0 Å². The first-order chi connectivity index (χ1) is 18.2. The maximum Gasteiger partial charge on any atom is 0.264 e. The molecule has 5 rings (SSSR count). The largest absolute Gasteiger partial charge is 0.333 e. The number of para-hydroxylation sites is 1. The van der Waals surface area contributed by atoms with E-state index >= 15 is 0 Å². The van der Waals surface area contributed by atoms with E-state index < -0.39 is 10.0 Å². The standard InChI is InChI=1S/C29H29FN4O3S/c1-20-19-33(21(2)22-8-12-25(30)13-9-22)17-18-34(20)29(35)24-10-14-26(15-11-24)32-38(36,37)27-7-3-5-23-6-4-16-31-28(23)27/h3-16,20-21,32H,17-19H2,1-2H3. The molecule has 38 heavy (non-hydrogen) atoms. The molecule has 9 heteroatoms. The maximum absolute atomic E-state index is 13.3. The topological polar surface area (TPSA) is 82.6 Å². The number of anilines is 1. The van der Waals surface area contributed by atoms with E-state index in [1.54, 1.807) is 54.7 Å². The number of amides is 1. The molecular formula is C29H29FN4O3S. The van der Waals surface area contributed by atoms with Crippen molar-refractivity contribution in [1.29, 1.82) is 0 Å². The Bertz CT molecular complexity index is 1550. The first-order valence-corrected chi connectivity index (χ1v) is 14.0. The van der Waals surface area contributed by atoms with Crippen LogP contribution in [0.2, 0.25) is 0 Å². The van der Waals surface area contributed by atoms with E-state index in [0.717, 1.165) is 10.9 Å². The average molecular weight is 533 g/mol. The zero-order valence-electron chi connectivity index (χ0n) is 21.2. The second-order valence-corrected chi connectivity index (χ2v) is 11.2. The number of hydrogen-bond acceptors (Lipinski definition) is 5. The van der Waals surface area contributed by atoms with Gasteiger partial charge in [0, 0.05) is 54.6 Å². The van der Waals surface area contributed by atoms with Gasteiger partial charge in [0.05, 0.1) is 5.52 Å². The van der Waals surface area contributed by atoms with Crippen molar-refractivity contribution in [2.24, 2.45) is 0 Å². The number of aromatic nitrogens is 1. The van der Waals surface area contributed by atoms with Gasteiger partial charge in [0.25, 0.3) is 15.9 Å². The van der Waals surface area contributed by atoms with Gasteiger partial charge in [-0.1, -0.05) is 30.3 Å². The zero-order valence-corrected chi connectivity index (χ0v) is 22.0. The van der Waals surface area contributed by atoms with Crippen molar-refractivity contribution in [1.82, 2.24) is 14.8 Å². The summed E-state index contributed by atoms with van der Waals surface area (Å²) in [7, 11) is -3.88. The minimum absolute atomic E-state index is 0.0174. The molecule has 196 valence electrons. The Balaban J connectivity index is 1.25. The first-order valence-electron chi connectivity index (χ1n) is 12.5. The molecule has 1 saturated heterocycles. The zero-order chi connectivity index (χ0) is 26.9. The number of rotatable bonds is 6. The lowest BCUT2D eigenvalue weighted by Gasteiger charge is -2.42. The third kappa shape index (κ3) is 5.25. The fourth-order valence-electron chi connectivity index (χ4n) is 4.94. The highest BCUT2D eigenvalue weighted by atomic mass is 32.2. The summed E-state index contributed by atoms with van der Waals surface area (Å²) >= 11 is 0. The van der Waals surface area contributed by atoms with Crippen molar-refractivity contribution in [2.75, 3.05) is 24.4 Å². The average Bonchev–Trinajstić information content (AvgIpc) is 2.92. The summed E-state index contributed by atoms with van der Waals surface area (Å²) in [5, 5.41) is 0.734. The van der Waals surface area contributed by atoms with Crippen LogP contribution in [0.15, 0.2) is 90.0 Å². The second kappa shape index (κ2) is 10.5. The van der Waals surface area contributed by atoms with Crippen LogP contribution in [0, 0.1) is 5.82 Å². The quantitative estimate of drug-likeness (QED) is 0.374. The monoisotopic (exact) mass is 532 g/mol. The Labute approximate surface area is 222 Å². The molecule has 0 bridgehead atoms. The third-order valence-electron chi connectivity index (χ3n) is 7.09. The summed E-state index contributed by atoms with van der Waals surface area (Å²) < 4.78 is 42.1. The fraction of sp³-hybridized carbons (Fsp3) is 0.241. The van der Waals surface area contributed by atoms with Crippen molar-refractivity contribution >= 4 is 32.5 Å². The molecule has 4 aromatic rings. The molecule has 0 radical (unpaired) electrons. The van der Waals surface area contributed by atoms with Crippen LogP contribution in [0.4, 0.5) is 10.1 Å². The number of nitrogens with one attached hydrogen (secondary N) is 1. The van der Waals surface area contributed by atoms with E-state index in [1.807, 2.05) is 24.0 Å². The van der Waals surface area contributed by atoms with Crippen molar-refractivity contribution in [3.05, 3.63) is 102 Å². The fourth-order valence-corrected chi connectivity index (χ4v) is 6.18. The number of carbonyl (C=O) groups is 1. The SMILES string of the molecule is CC(c1ccc(F)cc1)N1CCN(C(=O)c2ccc(NS(=O)(=O)c3cccc4cccnc34)cc2)C(C)C1. The van der Waals surface area contributed by atoms with E-state index in [2.05, 4.69) is 21.5 Å². The number of fused-ring (bicyclic) bond motifs is 1. The van der Waals surface area contributed by atoms with Gasteiger partial charge in [0.2, 0.25) is 0 Å². The van der Waals surface area contributed by atoms with Gasteiger partial charge in [-0.2, -0.15) is 0 Å². The van der Waals surface area contributed by atoms with Crippen LogP contribution in [0.3, 0.4) is 0 Å². The number of nitrogens with zero attached hydrogens (tertiary/aromatic N) is 3. The van der Waals surface area contributed by atoms with Gasteiger partial charge in [-0.25, -0.2) is 12.8 Å². The Morgan fingerprint density at radius 1 is 1.00 bits per heavy atom. The molecule has 2 unspecified atom stereocenters. The van der Waals surface area contributed by atoms with E-state index in [-0.39, 0.29) is 28.7 Å². The van der Waals surface area contributed by atoms with Gasteiger partial charge in [-0.15, -0.1) is 0 Å². The number of sulfonamides is 1. The van der Waals surface area contributed by atoms with E-state index in [1.165, 1.54) is 18.2 Å². The molecule has 7 nitrogen and oxygen atoms in total. The Hall–Kier alpha value is -3.82. The van der Waals surface area contributed by atoms with Crippen molar-refractivity contribution in [3.63, 3.8) is 0 Å². The molecule has 0 saturated carbocycles. The van der Waals surface area contributed by atoms with Gasteiger partial charge in [-0.3, -0.25) is 19.4 Å². The predicted octanol–water partition coefficient (Wildman–Crippen LogP) is 5.08. The minimum Gasteiger partial charge on any atom is -0.333 e. The number of pyridine rings is 1. The lowest BCUT2D eigenvalue weighted by Crippen LogP contribution is -2.54. The molecule has 1 fully saturated rings. The van der Waals surface area contributed by atoms with Crippen LogP contribution in [0.25, 0.3) is 10.9 Å². The Morgan fingerprint density at radius 3 is 2.42 bits per heavy atom. The highest BCUT2D eigenvalue weighted by Crippen LogP contribution is 2.26.